The van der Waals surface area contributed by atoms with Crippen LogP contribution in [0.5, 0.6) is 0 Å². The Balaban J connectivity index is 1.94. The summed E-state index contributed by atoms with van der Waals surface area (Å²) < 4.78 is 6.14. The molecule has 2 aliphatic carbocycles. The molecule has 3 nitrogen and oxygen atoms in total. The molecule has 0 radical (unpaired) electrons. The van der Waals surface area contributed by atoms with Crippen LogP contribution in [0.15, 0.2) is 0 Å². The molecule has 1 fully saturated rings. The van der Waals surface area contributed by atoms with E-state index in [9.17, 15) is 5.11 Å². The van der Waals surface area contributed by atoms with Crippen molar-refractivity contribution >= 4 is 11.3 Å². The lowest BCUT2D eigenvalue weighted by molar-refractivity contribution is -0.0705. The fourth-order valence-electron chi connectivity index (χ4n) is 3.41. The molecule has 0 aromatic carbocycles. The maximum atomic E-state index is 10.1. The summed E-state index contributed by atoms with van der Waals surface area (Å²) in [6.45, 7) is 2.81. The maximum Gasteiger partial charge on any atom is 0.125 e. The van der Waals surface area contributed by atoms with E-state index in [-0.39, 0.29) is 11.7 Å². The first-order chi connectivity index (χ1) is 9.25. The molecule has 2 aliphatic rings. The molecule has 1 unspecified atom stereocenters. The smallest absolute Gasteiger partial charge is 0.125 e. The van der Waals surface area contributed by atoms with Gasteiger partial charge in [0.15, 0.2) is 0 Å². The summed E-state index contributed by atoms with van der Waals surface area (Å²) in [5.41, 5.74) is 0.970. The molecular weight excluding hydrogens is 258 g/mol. The van der Waals surface area contributed by atoms with E-state index in [0.717, 1.165) is 54.3 Å². The summed E-state index contributed by atoms with van der Waals surface area (Å²) in [6.07, 6.45) is 8.60. The van der Waals surface area contributed by atoms with Gasteiger partial charge in [-0.05, 0) is 39.0 Å². The first-order valence-corrected chi connectivity index (χ1v) is 8.39. The van der Waals surface area contributed by atoms with Crippen molar-refractivity contribution in [2.45, 2.75) is 70.0 Å². The highest BCUT2D eigenvalue weighted by atomic mass is 32.1. The number of hydrogen-bond acceptors (Lipinski definition) is 4. The van der Waals surface area contributed by atoms with E-state index < -0.39 is 0 Å². The van der Waals surface area contributed by atoms with Crippen molar-refractivity contribution in [2.75, 3.05) is 6.61 Å². The molecule has 1 aromatic rings. The van der Waals surface area contributed by atoms with Crippen molar-refractivity contribution < 1.29 is 9.84 Å². The minimum absolute atomic E-state index is 0.158. The van der Waals surface area contributed by atoms with Crippen LogP contribution in [0.3, 0.4) is 0 Å². The largest absolute Gasteiger partial charge is 0.388 e. The van der Waals surface area contributed by atoms with Crippen LogP contribution >= 0.6 is 11.3 Å². The summed E-state index contributed by atoms with van der Waals surface area (Å²) >= 11 is 1.70. The number of nitrogens with zero attached hydrogens (tertiary/aromatic N) is 1. The van der Waals surface area contributed by atoms with Gasteiger partial charge in [0.05, 0.1) is 16.7 Å². The number of thiazole rings is 1. The first kappa shape index (κ1) is 13.5. The zero-order chi connectivity index (χ0) is 13.3. The Morgan fingerprint density at radius 2 is 2.11 bits per heavy atom. The second kappa shape index (κ2) is 5.51. The van der Waals surface area contributed by atoms with Gasteiger partial charge in [0, 0.05) is 6.61 Å². The zero-order valence-electron chi connectivity index (χ0n) is 11.7. The molecule has 19 heavy (non-hydrogen) atoms. The molecule has 0 bridgehead atoms. The van der Waals surface area contributed by atoms with Crippen LogP contribution in [0.1, 0.15) is 73.6 Å². The number of rotatable bonds is 3. The quantitative estimate of drug-likeness (QED) is 0.918. The summed E-state index contributed by atoms with van der Waals surface area (Å²) in [4.78, 5) is 5.95. The third kappa shape index (κ3) is 2.46. The average Bonchev–Trinajstić information content (AvgIpc) is 2.86. The van der Waals surface area contributed by atoms with E-state index >= 15 is 0 Å². The van der Waals surface area contributed by atoms with Crippen LogP contribution in [-0.4, -0.2) is 16.7 Å². The molecule has 1 atom stereocenters. The van der Waals surface area contributed by atoms with Crippen LogP contribution in [0.4, 0.5) is 0 Å². The first-order valence-electron chi connectivity index (χ1n) is 7.57. The Labute approximate surface area is 119 Å². The monoisotopic (exact) mass is 281 g/mol. The zero-order valence-corrected chi connectivity index (χ0v) is 12.5. The van der Waals surface area contributed by atoms with Gasteiger partial charge in [0.1, 0.15) is 10.6 Å². The van der Waals surface area contributed by atoms with Gasteiger partial charge in [-0.3, -0.25) is 0 Å². The fraction of sp³-hybridized carbons (Fsp3) is 0.800. The van der Waals surface area contributed by atoms with Gasteiger partial charge in [0.25, 0.3) is 0 Å². The highest BCUT2D eigenvalue weighted by molar-refractivity contribution is 7.12. The van der Waals surface area contributed by atoms with Crippen molar-refractivity contribution in [1.82, 2.24) is 4.98 Å². The van der Waals surface area contributed by atoms with Crippen molar-refractivity contribution in [3.05, 3.63) is 15.6 Å². The van der Waals surface area contributed by atoms with Crippen molar-refractivity contribution in [2.24, 2.45) is 0 Å². The molecule has 4 heteroatoms. The van der Waals surface area contributed by atoms with Gasteiger partial charge in [-0.1, -0.05) is 19.3 Å². The molecule has 106 valence electrons. The lowest BCUT2D eigenvalue weighted by Crippen LogP contribution is -2.32. The van der Waals surface area contributed by atoms with Crippen LogP contribution < -0.4 is 0 Å². The number of ether oxygens (including phenoxy) is 1. The van der Waals surface area contributed by atoms with E-state index in [0.29, 0.717) is 0 Å². The lowest BCUT2D eigenvalue weighted by atomic mass is 9.85. The van der Waals surface area contributed by atoms with Crippen molar-refractivity contribution in [1.29, 1.82) is 0 Å². The topological polar surface area (TPSA) is 42.4 Å². The van der Waals surface area contributed by atoms with E-state index in [2.05, 4.69) is 6.92 Å². The minimum Gasteiger partial charge on any atom is -0.388 e. The SMILES string of the molecule is CCOC1(c2nc3c(s2)C(O)CCC3)CCCCC1. The second-order valence-electron chi connectivity index (χ2n) is 5.73. The number of aliphatic hydroxyl groups excluding tert-OH is 1. The normalized spacial score (nSPS) is 26.1. The predicted molar refractivity (Wildman–Crippen MR) is 76.4 cm³/mol. The van der Waals surface area contributed by atoms with Crippen molar-refractivity contribution in [3.8, 4) is 0 Å². The van der Waals surface area contributed by atoms with Gasteiger partial charge >= 0.3 is 0 Å². The number of aromatic nitrogens is 1. The molecule has 0 saturated heterocycles. The molecule has 0 amide bonds. The molecule has 1 heterocycles. The third-order valence-electron chi connectivity index (χ3n) is 4.39. The third-order valence-corrected chi connectivity index (χ3v) is 5.78. The second-order valence-corrected chi connectivity index (χ2v) is 6.76. The summed E-state index contributed by atoms with van der Waals surface area (Å²) in [6, 6.07) is 0. The van der Waals surface area contributed by atoms with Gasteiger partial charge < -0.3 is 9.84 Å². The highest BCUT2D eigenvalue weighted by Crippen LogP contribution is 2.45. The molecule has 0 spiro atoms. The summed E-state index contributed by atoms with van der Waals surface area (Å²) in [5, 5.41) is 11.2. The van der Waals surface area contributed by atoms with Crippen LogP contribution in [0, 0.1) is 0 Å². The Bertz CT molecular complexity index is 432. The standard InChI is InChI=1S/C15H23NO2S/c1-2-18-15(9-4-3-5-10-15)14-16-11-7-6-8-12(17)13(11)19-14/h12,17H,2-10H2,1H3. The van der Waals surface area contributed by atoms with E-state index in [1.165, 1.54) is 19.3 Å². The number of fused-ring (bicyclic) bond motifs is 1. The fourth-order valence-corrected chi connectivity index (χ4v) is 4.74. The molecule has 3 rings (SSSR count). The van der Waals surface area contributed by atoms with E-state index in [1.54, 1.807) is 11.3 Å². The van der Waals surface area contributed by atoms with Crippen LogP contribution in [-0.2, 0) is 16.8 Å². The van der Waals surface area contributed by atoms with Gasteiger partial charge in [-0.25, -0.2) is 4.98 Å². The molecule has 1 saturated carbocycles. The predicted octanol–water partition coefficient (Wildman–Crippen LogP) is 3.71. The summed E-state index contributed by atoms with van der Waals surface area (Å²) in [5.74, 6) is 0. The Kier molecular flexibility index (Phi) is 3.92. The minimum atomic E-state index is -0.294. The highest BCUT2D eigenvalue weighted by Gasteiger charge is 2.39. The van der Waals surface area contributed by atoms with Crippen LogP contribution in [0.25, 0.3) is 0 Å². The Morgan fingerprint density at radius 3 is 2.79 bits per heavy atom. The van der Waals surface area contributed by atoms with E-state index in [4.69, 9.17) is 9.72 Å². The van der Waals surface area contributed by atoms with Gasteiger partial charge in [-0.15, -0.1) is 11.3 Å². The number of hydrogen-bond donors (Lipinski definition) is 1. The maximum absolute atomic E-state index is 10.1. The molecule has 1 N–H and O–H groups in total. The van der Waals surface area contributed by atoms with Crippen LogP contribution in [0.2, 0.25) is 0 Å². The number of aryl methyl sites for hydroxylation is 1. The van der Waals surface area contributed by atoms with Gasteiger partial charge in [0.2, 0.25) is 0 Å². The molecular formula is C15H23NO2S. The van der Waals surface area contributed by atoms with Gasteiger partial charge in [-0.2, -0.15) is 0 Å². The average molecular weight is 281 g/mol. The molecule has 0 aliphatic heterocycles. The Hall–Kier alpha value is -0.450. The summed E-state index contributed by atoms with van der Waals surface area (Å²) in [7, 11) is 0. The lowest BCUT2D eigenvalue weighted by Gasteiger charge is -2.35. The number of aliphatic hydroxyl groups is 1. The molecule has 1 aromatic heterocycles. The van der Waals surface area contributed by atoms with E-state index in [1.807, 2.05) is 0 Å². The Morgan fingerprint density at radius 1 is 1.32 bits per heavy atom. The van der Waals surface area contributed by atoms with Crippen molar-refractivity contribution in [3.63, 3.8) is 0 Å².